The van der Waals surface area contributed by atoms with Crippen LogP contribution in [0.4, 0.5) is 0 Å². The van der Waals surface area contributed by atoms with Crippen molar-refractivity contribution in [1.82, 2.24) is 5.32 Å². The predicted molar refractivity (Wildman–Crippen MR) is 77.4 cm³/mol. The van der Waals surface area contributed by atoms with Crippen LogP contribution in [0, 0.1) is 5.92 Å². The number of benzene rings is 1. The van der Waals surface area contributed by atoms with Gasteiger partial charge in [0.05, 0.1) is 19.8 Å². The maximum Gasteiger partial charge on any atom is 0.328 e. The summed E-state index contributed by atoms with van der Waals surface area (Å²) in [6.45, 7) is 3.87. The molecule has 1 aromatic carbocycles. The normalized spacial score (nSPS) is 11.9. The van der Waals surface area contributed by atoms with Crippen LogP contribution in [0.15, 0.2) is 18.2 Å². The highest BCUT2D eigenvalue weighted by Gasteiger charge is 2.24. The predicted octanol–water partition coefficient (Wildman–Crippen LogP) is 1.72. The zero-order chi connectivity index (χ0) is 16.0. The number of hydrogen-bond acceptors (Lipinski definition) is 5. The monoisotopic (exact) mass is 295 g/mol. The van der Waals surface area contributed by atoms with Crippen molar-refractivity contribution in [2.75, 3.05) is 14.2 Å². The van der Waals surface area contributed by atoms with E-state index < -0.39 is 17.9 Å². The van der Waals surface area contributed by atoms with Crippen molar-refractivity contribution in [1.29, 1.82) is 0 Å². The Morgan fingerprint density at radius 1 is 1.29 bits per heavy atom. The van der Waals surface area contributed by atoms with Gasteiger partial charge in [-0.2, -0.15) is 0 Å². The van der Waals surface area contributed by atoms with Crippen molar-refractivity contribution in [2.24, 2.45) is 5.92 Å². The van der Waals surface area contributed by atoms with E-state index in [1.54, 1.807) is 6.07 Å². The van der Waals surface area contributed by atoms with Crippen LogP contribution in [0.1, 0.15) is 30.6 Å². The number of hydrogen-bond donors (Lipinski definition) is 2. The molecule has 0 spiro atoms. The molecule has 116 valence electrons. The van der Waals surface area contributed by atoms with Crippen LogP contribution in [-0.4, -0.2) is 37.2 Å². The molecule has 6 nitrogen and oxygen atoms in total. The van der Waals surface area contributed by atoms with Crippen molar-refractivity contribution < 1.29 is 24.2 Å². The van der Waals surface area contributed by atoms with Crippen LogP contribution >= 0.6 is 0 Å². The maximum atomic E-state index is 12.2. The highest BCUT2D eigenvalue weighted by Crippen LogP contribution is 2.29. The fourth-order valence-electron chi connectivity index (χ4n) is 1.93. The van der Waals surface area contributed by atoms with E-state index in [1.165, 1.54) is 26.4 Å². The first kappa shape index (κ1) is 16.8. The molecule has 1 atom stereocenters. The Balaban J connectivity index is 2.94. The summed E-state index contributed by atoms with van der Waals surface area (Å²) in [6, 6.07) is 3.82. The van der Waals surface area contributed by atoms with Gasteiger partial charge < -0.3 is 19.9 Å². The van der Waals surface area contributed by atoms with Gasteiger partial charge in [-0.3, -0.25) is 4.79 Å². The Morgan fingerprint density at radius 2 is 1.95 bits per heavy atom. The molecule has 0 aliphatic heterocycles. The molecule has 0 bridgehead atoms. The first-order valence-corrected chi connectivity index (χ1v) is 6.65. The molecule has 0 aliphatic rings. The molecule has 0 radical (unpaired) electrons. The molecule has 1 amide bonds. The number of amides is 1. The first-order chi connectivity index (χ1) is 9.90. The van der Waals surface area contributed by atoms with E-state index in [4.69, 9.17) is 4.74 Å². The van der Waals surface area contributed by atoms with Gasteiger partial charge in [-0.25, -0.2) is 4.79 Å². The van der Waals surface area contributed by atoms with Crippen LogP contribution in [-0.2, 0) is 9.53 Å². The topological polar surface area (TPSA) is 84.9 Å². The van der Waals surface area contributed by atoms with Crippen molar-refractivity contribution in [3.8, 4) is 11.5 Å². The highest BCUT2D eigenvalue weighted by atomic mass is 16.5. The van der Waals surface area contributed by atoms with Gasteiger partial charge in [-0.05, 0) is 24.5 Å². The van der Waals surface area contributed by atoms with Gasteiger partial charge in [0.15, 0.2) is 11.5 Å². The number of nitrogens with one attached hydrogen (secondary N) is 1. The number of methoxy groups -OCH3 is 2. The standard InChI is InChI=1S/C15H21NO5/c1-9(2)8-11(15(19)21-4)16-14(18)10-6-5-7-12(20-3)13(10)17/h5-7,9,11,17H,8H2,1-4H3,(H,16,18). The molecule has 6 heteroatoms. The second-order valence-electron chi connectivity index (χ2n) is 5.04. The molecular formula is C15H21NO5. The third kappa shape index (κ3) is 4.37. The molecule has 2 N–H and O–H groups in total. The molecule has 21 heavy (non-hydrogen) atoms. The third-order valence-corrected chi connectivity index (χ3v) is 2.96. The summed E-state index contributed by atoms with van der Waals surface area (Å²) in [6.07, 6.45) is 0.448. The lowest BCUT2D eigenvalue weighted by molar-refractivity contribution is -0.143. The fraction of sp³-hybridized carbons (Fsp3) is 0.467. The van der Waals surface area contributed by atoms with E-state index in [9.17, 15) is 14.7 Å². The maximum absolute atomic E-state index is 12.2. The second kappa shape index (κ2) is 7.52. The van der Waals surface area contributed by atoms with Crippen LogP contribution in [0.25, 0.3) is 0 Å². The van der Waals surface area contributed by atoms with E-state index in [1.807, 2.05) is 13.8 Å². The Morgan fingerprint density at radius 3 is 2.48 bits per heavy atom. The van der Waals surface area contributed by atoms with Crippen LogP contribution < -0.4 is 10.1 Å². The summed E-state index contributed by atoms with van der Waals surface area (Å²) in [5, 5.41) is 12.5. The van der Waals surface area contributed by atoms with E-state index in [2.05, 4.69) is 10.1 Å². The summed E-state index contributed by atoms with van der Waals surface area (Å²) in [7, 11) is 2.66. The molecule has 0 saturated carbocycles. The molecule has 0 heterocycles. The van der Waals surface area contributed by atoms with Crippen LogP contribution in [0.3, 0.4) is 0 Å². The van der Waals surface area contributed by atoms with Gasteiger partial charge in [-0.1, -0.05) is 19.9 Å². The molecule has 1 unspecified atom stereocenters. The summed E-state index contributed by atoms with van der Waals surface area (Å²) in [5.41, 5.74) is 0.0482. The van der Waals surface area contributed by atoms with Crippen LogP contribution in [0.2, 0.25) is 0 Å². The number of aromatic hydroxyl groups is 1. The summed E-state index contributed by atoms with van der Waals surface area (Å²) < 4.78 is 9.64. The van der Waals surface area contributed by atoms with Crippen molar-refractivity contribution >= 4 is 11.9 Å². The van der Waals surface area contributed by atoms with Crippen LogP contribution in [0.5, 0.6) is 11.5 Å². The number of para-hydroxylation sites is 1. The largest absolute Gasteiger partial charge is 0.504 e. The number of ether oxygens (including phenoxy) is 2. The van der Waals surface area contributed by atoms with Gasteiger partial charge in [0.2, 0.25) is 0 Å². The van der Waals surface area contributed by atoms with Gasteiger partial charge in [0, 0.05) is 0 Å². The van der Waals surface area contributed by atoms with Crippen molar-refractivity contribution in [2.45, 2.75) is 26.3 Å². The molecule has 1 aromatic rings. The lowest BCUT2D eigenvalue weighted by Gasteiger charge is -2.18. The Labute approximate surface area is 124 Å². The average molecular weight is 295 g/mol. The average Bonchev–Trinajstić information content (AvgIpc) is 2.45. The zero-order valence-electron chi connectivity index (χ0n) is 12.7. The summed E-state index contributed by atoms with van der Waals surface area (Å²) in [4.78, 5) is 23.9. The number of esters is 1. The molecular weight excluding hydrogens is 274 g/mol. The summed E-state index contributed by atoms with van der Waals surface area (Å²) >= 11 is 0. The lowest BCUT2D eigenvalue weighted by Crippen LogP contribution is -2.42. The minimum absolute atomic E-state index is 0.0482. The van der Waals surface area contributed by atoms with Gasteiger partial charge in [-0.15, -0.1) is 0 Å². The Bertz CT molecular complexity index is 513. The molecule has 1 rings (SSSR count). The molecule has 0 aromatic heterocycles. The number of carbonyl (C=O) groups excluding carboxylic acids is 2. The molecule has 0 saturated heterocycles. The minimum atomic E-state index is -0.756. The second-order valence-corrected chi connectivity index (χ2v) is 5.04. The van der Waals surface area contributed by atoms with Gasteiger partial charge >= 0.3 is 5.97 Å². The fourth-order valence-corrected chi connectivity index (χ4v) is 1.93. The molecule has 0 aliphatic carbocycles. The minimum Gasteiger partial charge on any atom is -0.504 e. The third-order valence-electron chi connectivity index (χ3n) is 2.96. The SMILES string of the molecule is COC(=O)C(CC(C)C)NC(=O)c1cccc(OC)c1O. The number of phenolic OH excluding ortho intramolecular Hbond substituents is 1. The number of rotatable bonds is 6. The number of carbonyl (C=O) groups is 2. The quantitative estimate of drug-likeness (QED) is 0.781. The Hall–Kier alpha value is -2.24. The highest BCUT2D eigenvalue weighted by molar-refractivity contribution is 5.99. The van der Waals surface area contributed by atoms with Crippen molar-refractivity contribution in [3.05, 3.63) is 23.8 Å². The Kier molecular flexibility index (Phi) is 6.02. The number of phenols is 1. The smallest absolute Gasteiger partial charge is 0.328 e. The van der Waals surface area contributed by atoms with Gasteiger partial charge in [0.1, 0.15) is 6.04 Å². The van der Waals surface area contributed by atoms with E-state index >= 15 is 0 Å². The van der Waals surface area contributed by atoms with Crippen molar-refractivity contribution in [3.63, 3.8) is 0 Å². The molecule has 0 fully saturated rings. The first-order valence-electron chi connectivity index (χ1n) is 6.65. The van der Waals surface area contributed by atoms with E-state index in [0.29, 0.717) is 6.42 Å². The van der Waals surface area contributed by atoms with E-state index in [-0.39, 0.29) is 23.0 Å². The zero-order valence-corrected chi connectivity index (χ0v) is 12.7. The summed E-state index contributed by atoms with van der Waals surface area (Å²) in [5.74, 6) is -0.929. The van der Waals surface area contributed by atoms with E-state index in [0.717, 1.165) is 0 Å². The lowest BCUT2D eigenvalue weighted by atomic mass is 10.0. The van der Waals surface area contributed by atoms with Gasteiger partial charge in [0.25, 0.3) is 5.91 Å².